The number of fused-ring (bicyclic) bond motifs is 1. The van der Waals surface area contributed by atoms with E-state index in [1.807, 2.05) is 17.7 Å². The number of carbonyl (C=O) groups is 3. The molecule has 0 bridgehead atoms. The Labute approximate surface area is 294 Å². The lowest BCUT2D eigenvalue weighted by molar-refractivity contribution is -0.139. The molecule has 2 N–H and O–H groups in total. The van der Waals surface area contributed by atoms with Crippen molar-refractivity contribution in [2.45, 2.75) is 102 Å². The number of nitrogens with one attached hydrogen (secondary N) is 2. The van der Waals surface area contributed by atoms with Gasteiger partial charge < -0.3 is 19.7 Å². The number of likely N-dealkylation sites (tertiary alicyclic amines) is 1. The maximum atomic E-state index is 13.8. The highest BCUT2D eigenvalue weighted by molar-refractivity contribution is 7.90. The second kappa shape index (κ2) is 16.6. The fourth-order valence-electron chi connectivity index (χ4n) is 6.32. The molecule has 1 saturated heterocycles. The Bertz CT molecular complexity index is 1640. The van der Waals surface area contributed by atoms with Crippen LogP contribution in [-0.4, -0.2) is 73.1 Å². The van der Waals surface area contributed by atoms with Crippen molar-refractivity contribution in [3.8, 4) is 11.8 Å². The van der Waals surface area contributed by atoms with E-state index in [1.54, 1.807) is 18.2 Å². The summed E-state index contributed by atoms with van der Waals surface area (Å²) in [5.41, 5.74) is 0. The minimum atomic E-state index is -3.75. The molecule has 3 amide bonds. The second-order valence-corrected chi connectivity index (χ2v) is 16.3. The highest BCUT2D eigenvalue weighted by Gasteiger charge is 2.42. The van der Waals surface area contributed by atoms with E-state index in [4.69, 9.17) is 21.1 Å². The zero-order chi connectivity index (χ0) is 35.1. The lowest BCUT2D eigenvalue weighted by Gasteiger charge is -2.25. The van der Waals surface area contributed by atoms with Gasteiger partial charge in [-0.05, 0) is 81.3 Å². The van der Waals surface area contributed by atoms with Crippen LogP contribution in [0.1, 0.15) is 85.0 Å². The van der Waals surface area contributed by atoms with E-state index in [9.17, 15) is 22.8 Å². The fourth-order valence-corrected chi connectivity index (χ4v) is 7.87. The fraction of sp³-hybridized carbons (Fsp3) is 0.611. The summed E-state index contributed by atoms with van der Waals surface area (Å²) in [7, 11) is -3.75. The third kappa shape index (κ3) is 10.6. The first-order valence-corrected chi connectivity index (χ1v) is 19.5. The van der Waals surface area contributed by atoms with Gasteiger partial charge in [-0.1, -0.05) is 50.6 Å². The van der Waals surface area contributed by atoms with Crippen molar-refractivity contribution in [3.05, 3.63) is 41.4 Å². The minimum absolute atomic E-state index is 0.0946. The molecule has 1 aromatic heterocycles. The molecule has 13 heteroatoms. The van der Waals surface area contributed by atoms with Gasteiger partial charge in [0.2, 0.25) is 33.6 Å². The predicted molar refractivity (Wildman–Crippen MR) is 189 cm³/mol. The Kier molecular flexibility index (Phi) is 12.5. The Morgan fingerprint density at radius 2 is 1.90 bits per heavy atom. The van der Waals surface area contributed by atoms with Crippen molar-refractivity contribution in [1.29, 1.82) is 0 Å². The first kappa shape index (κ1) is 36.9. The SMILES string of the molecule is CCCOc1cc2c(Cl)cccc2c(OC2CC(C(=O)NCC(=O)NS(=O)(=O)C3CC3)N(C(=O)CC(C)CC(C)CCC=CC3CC3)C2)n1. The molecule has 0 spiro atoms. The van der Waals surface area contributed by atoms with Crippen LogP contribution in [0.25, 0.3) is 10.8 Å². The Morgan fingerprint density at radius 3 is 2.61 bits per heavy atom. The number of carbonyl (C=O) groups excluding carboxylic acids is 3. The van der Waals surface area contributed by atoms with E-state index < -0.39 is 45.8 Å². The predicted octanol–water partition coefficient (Wildman–Crippen LogP) is 5.55. The summed E-state index contributed by atoms with van der Waals surface area (Å²) in [5.74, 6) is 0.388. The quantitative estimate of drug-likeness (QED) is 0.191. The van der Waals surface area contributed by atoms with Crippen LogP contribution in [0, 0.1) is 17.8 Å². The summed E-state index contributed by atoms with van der Waals surface area (Å²) in [6.45, 7) is 6.32. The van der Waals surface area contributed by atoms with E-state index in [0.717, 1.165) is 31.6 Å². The van der Waals surface area contributed by atoms with Gasteiger partial charge in [0.05, 0.1) is 24.9 Å². The zero-order valence-corrected chi connectivity index (χ0v) is 30.2. The number of rotatable bonds is 18. The van der Waals surface area contributed by atoms with Crippen LogP contribution in [0.2, 0.25) is 5.02 Å². The monoisotopic (exact) mass is 716 g/mol. The third-order valence-electron chi connectivity index (χ3n) is 9.21. The van der Waals surface area contributed by atoms with E-state index in [1.165, 1.54) is 17.7 Å². The molecule has 5 rings (SSSR count). The molecule has 4 unspecified atom stereocenters. The number of benzene rings is 1. The first-order chi connectivity index (χ1) is 23.4. The molecule has 1 aromatic carbocycles. The highest BCUT2D eigenvalue weighted by Crippen LogP contribution is 2.35. The van der Waals surface area contributed by atoms with Crippen molar-refractivity contribution in [2.75, 3.05) is 19.7 Å². The average molecular weight is 717 g/mol. The van der Waals surface area contributed by atoms with Gasteiger partial charge in [0.15, 0.2) is 0 Å². The van der Waals surface area contributed by atoms with Gasteiger partial charge in [0.25, 0.3) is 5.91 Å². The number of hydrogen-bond acceptors (Lipinski definition) is 8. The van der Waals surface area contributed by atoms with Gasteiger partial charge in [-0.2, -0.15) is 4.98 Å². The lowest BCUT2D eigenvalue weighted by Crippen LogP contribution is -2.49. The van der Waals surface area contributed by atoms with Crippen molar-refractivity contribution in [3.63, 3.8) is 0 Å². The van der Waals surface area contributed by atoms with Crippen molar-refractivity contribution in [2.24, 2.45) is 17.8 Å². The number of hydrogen-bond donors (Lipinski definition) is 2. The van der Waals surface area contributed by atoms with Crippen LogP contribution in [0.3, 0.4) is 0 Å². The van der Waals surface area contributed by atoms with Gasteiger partial charge >= 0.3 is 0 Å². The minimum Gasteiger partial charge on any atom is -0.478 e. The van der Waals surface area contributed by atoms with Crippen molar-refractivity contribution >= 4 is 50.1 Å². The molecule has 2 saturated carbocycles. The normalized spacial score (nSPS) is 20.7. The van der Waals surface area contributed by atoms with Gasteiger partial charge in [-0.15, -0.1) is 0 Å². The molecule has 49 heavy (non-hydrogen) atoms. The summed E-state index contributed by atoms with van der Waals surface area (Å²) < 4.78 is 38.6. The van der Waals surface area contributed by atoms with Crippen LogP contribution in [0.4, 0.5) is 0 Å². The number of amides is 3. The van der Waals surface area contributed by atoms with Crippen LogP contribution in [-0.2, 0) is 24.4 Å². The largest absolute Gasteiger partial charge is 0.478 e. The molecule has 11 nitrogen and oxygen atoms in total. The first-order valence-electron chi connectivity index (χ1n) is 17.6. The Hall–Kier alpha value is -3.38. The van der Waals surface area contributed by atoms with Crippen LogP contribution >= 0.6 is 11.6 Å². The number of allylic oxidation sites excluding steroid dienone is 2. The molecule has 0 radical (unpaired) electrons. The maximum absolute atomic E-state index is 13.8. The molecule has 1 aliphatic heterocycles. The average Bonchev–Trinajstić information content (AvgIpc) is 3.99. The molecule has 2 aliphatic carbocycles. The highest BCUT2D eigenvalue weighted by atomic mass is 35.5. The zero-order valence-electron chi connectivity index (χ0n) is 28.7. The molecule has 2 aromatic rings. The van der Waals surface area contributed by atoms with Crippen LogP contribution in [0.15, 0.2) is 36.4 Å². The maximum Gasteiger partial charge on any atom is 0.252 e. The van der Waals surface area contributed by atoms with Crippen molar-refractivity contribution < 1.29 is 32.3 Å². The molecular weight excluding hydrogens is 668 g/mol. The summed E-state index contributed by atoms with van der Waals surface area (Å²) in [4.78, 5) is 45.9. The van der Waals surface area contributed by atoms with Gasteiger partial charge in [-0.25, -0.2) is 8.42 Å². The van der Waals surface area contributed by atoms with Crippen molar-refractivity contribution in [1.82, 2.24) is 19.9 Å². The smallest absolute Gasteiger partial charge is 0.252 e. The van der Waals surface area contributed by atoms with E-state index >= 15 is 0 Å². The molecule has 2 heterocycles. The molecule has 3 aliphatic rings. The molecule has 4 atom stereocenters. The van der Waals surface area contributed by atoms with Gasteiger partial charge in [0, 0.05) is 34.7 Å². The van der Waals surface area contributed by atoms with Crippen LogP contribution < -0.4 is 19.5 Å². The number of ether oxygens (including phenoxy) is 2. The topological polar surface area (TPSA) is 144 Å². The molecular formula is C36H49ClN4O7S. The molecule has 268 valence electrons. The van der Waals surface area contributed by atoms with Gasteiger partial charge in [0.1, 0.15) is 12.1 Å². The summed E-state index contributed by atoms with van der Waals surface area (Å²) in [5, 5.41) is 3.87. The lowest BCUT2D eigenvalue weighted by atomic mass is 9.91. The number of sulfonamides is 1. The van der Waals surface area contributed by atoms with E-state index in [0.29, 0.717) is 47.0 Å². The standard InChI is InChI=1S/C36H49ClN4O7S/c1-4-16-47-33-20-29-28(10-7-11-30(29)37)36(39-33)48-26-19-31(35(44)38-21-32(42)40-49(45,46)27-14-15-27)41(22-26)34(43)18-24(3)17-23(2)8-5-6-9-25-12-13-25/h6-7,9-11,20,23-27,31H,4-5,8,12-19,21-22H2,1-3H3,(H,38,44)(H,40,42). The number of pyridine rings is 1. The summed E-state index contributed by atoms with van der Waals surface area (Å²) in [6, 6.07) is 6.26. The third-order valence-corrected chi connectivity index (χ3v) is 11.4. The van der Waals surface area contributed by atoms with Crippen LogP contribution in [0.5, 0.6) is 11.8 Å². The molecule has 3 fully saturated rings. The Balaban J connectivity index is 1.27. The van der Waals surface area contributed by atoms with E-state index in [2.05, 4.69) is 36.3 Å². The number of aromatic nitrogens is 1. The summed E-state index contributed by atoms with van der Waals surface area (Å²) >= 11 is 6.52. The Morgan fingerprint density at radius 1 is 1.12 bits per heavy atom. The van der Waals surface area contributed by atoms with Gasteiger partial charge in [-0.3, -0.25) is 19.1 Å². The number of halogens is 1. The second-order valence-electron chi connectivity index (χ2n) is 14.0. The number of nitrogens with zero attached hydrogens (tertiary/aromatic N) is 2. The summed E-state index contributed by atoms with van der Waals surface area (Å²) in [6.07, 6.45) is 11.8. The van der Waals surface area contributed by atoms with E-state index in [-0.39, 0.29) is 37.1 Å².